The van der Waals surface area contributed by atoms with Crippen molar-refractivity contribution >= 4 is 45.2 Å². The summed E-state index contributed by atoms with van der Waals surface area (Å²) in [5.41, 5.74) is 0.692. The van der Waals surface area contributed by atoms with Gasteiger partial charge in [0, 0.05) is 15.6 Å². The number of amides is 1. The van der Waals surface area contributed by atoms with Gasteiger partial charge in [0.2, 0.25) is 0 Å². The number of ketones is 1. The maximum atomic E-state index is 12.0. The summed E-state index contributed by atoms with van der Waals surface area (Å²) in [6.45, 7) is -0.795. The average Bonchev–Trinajstić information content (AvgIpc) is 2.64. The Morgan fingerprint density at radius 2 is 1.88 bits per heavy atom. The number of halogens is 2. The monoisotopic (exact) mass is 439 g/mol. The van der Waals surface area contributed by atoms with Crippen LogP contribution in [0.5, 0.6) is 5.75 Å². The van der Waals surface area contributed by atoms with Gasteiger partial charge in [-0.1, -0.05) is 33.6 Å². The van der Waals surface area contributed by atoms with E-state index >= 15 is 0 Å². The van der Waals surface area contributed by atoms with Crippen molar-refractivity contribution in [1.82, 2.24) is 5.32 Å². The average molecular weight is 441 g/mol. The van der Waals surface area contributed by atoms with Gasteiger partial charge in [0.05, 0.1) is 12.1 Å². The molecule has 0 radical (unpaired) electrons. The smallest absolute Gasteiger partial charge is 0.325 e. The normalized spacial score (nSPS) is 10.1. The van der Waals surface area contributed by atoms with Gasteiger partial charge in [0.25, 0.3) is 5.91 Å². The summed E-state index contributed by atoms with van der Waals surface area (Å²) in [6.07, 6.45) is 0. The van der Waals surface area contributed by atoms with Crippen LogP contribution in [0.4, 0.5) is 0 Å². The van der Waals surface area contributed by atoms with Crippen LogP contribution >= 0.6 is 27.5 Å². The SMILES string of the molecule is COc1ccc(C(=O)COC(=O)CNC(=O)c2cccc(Br)c2)cc1Cl. The Labute approximate surface area is 163 Å². The lowest BCUT2D eigenvalue weighted by Crippen LogP contribution is -2.31. The van der Waals surface area contributed by atoms with Crippen LogP contribution in [0.15, 0.2) is 46.9 Å². The van der Waals surface area contributed by atoms with E-state index in [0.717, 1.165) is 4.47 Å². The Kier molecular flexibility index (Phi) is 7.17. The van der Waals surface area contributed by atoms with E-state index in [1.807, 2.05) is 0 Å². The molecule has 1 amide bonds. The largest absolute Gasteiger partial charge is 0.495 e. The predicted octanol–water partition coefficient (Wildman–Crippen LogP) is 3.27. The van der Waals surface area contributed by atoms with E-state index in [1.165, 1.54) is 19.2 Å². The minimum atomic E-state index is -0.721. The van der Waals surface area contributed by atoms with Crippen molar-refractivity contribution in [2.24, 2.45) is 0 Å². The number of rotatable bonds is 7. The predicted molar refractivity (Wildman–Crippen MR) is 99.8 cm³/mol. The molecule has 0 heterocycles. The highest BCUT2D eigenvalue weighted by Gasteiger charge is 2.13. The summed E-state index contributed by atoms with van der Waals surface area (Å²) in [5, 5.41) is 2.71. The number of esters is 1. The first-order chi connectivity index (χ1) is 12.4. The summed E-state index contributed by atoms with van der Waals surface area (Å²) in [7, 11) is 1.47. The lowest BCUT2D eigenvalue weighted by molar-refractivity contribution is -0.141. The third-order valence-electron chi connectivity index (χ3n) is 3.32. The zero-order valence-electron chi connectivity index (χ0n) is 13.8. The van der Waals surface area contributed by atoms with Crippen molar-refractivity contribution < 1.29 is 23.9 Å². The quantitative estimate of drug-likeness (QED) is 0.528. The van der Waals surface area contributed by atoms with Crippen molar-refractivity contribution in [3.05, 3.63) is 63.1 Å². The first kappa shape index (κ1) is 19.9. The third kappa shape index (κ3) is 5.57. The Morgan fingerprint density at radius 3 is 2.54 bits per heavy atom. The first-order valence-corrected chi connectivity index (χ1v) is 8.64. The lowest BCUT2D eigenvalue weighted by Gasteiger charge is -2.08. The lowest BCUT2D eigenvalue weighted by atomic mass is 10.1. The van der Waals surface area contributed by atoms with E-state index < -0.39 is 24.3 Å². The standard InChI is InChI=1S/C18H15BrClNO5/c1-25-16-6-5-11(8-14(16)20)15(22)10-26-17(23)9-21-18(24)12-3-2-4-13(19)7-12/h2-8H,9-10H2,1H3,(H,21,24). The van der Waals surface area contributed by atoms with Crippen molar-refractivity contribution in [3.8, 4) is 5.75 Å². The van der Waals surface area contributed by atoms with Gasteiger partial charge in [-0.15, -0.1) is 0 Å². The number of carbonyl (C=O) groups is 3. The molecule has 2 rings (SSSR count). The molecule has 8 heteroatoms. The van der Waals surface area contributed by atoms with E-state index in [9.17, 15) is 14.4 Å². The Morgan fingerprint density at radius 1 is 1.12 bits per heavy atom. The zero-order chi connectivity index (χ0) is 19.1. The van der Waals surface area contributed by atoms with Crippen LogP contribution in [0.1, 0.15) is 20.7 Å². The summed E-state index contributed by atoms with van der Waals surface area (Å²) in [5.74, 6) is -1.12. The highest BCUT2D eigenvalue weighted by atomic mass is 79.9. The Bertz CT molecular complexity index is 840. The van der Waals surface area contributed by atoms with E-state index in [-0.39, 0.29) is 11.6 Å². The van der Waals surface area contributed by atoms with Crippen LogP contribution < -0.4 is 10.1 Å². The zero-order valence-corrected chi connectivity index (χ0v) is 16.1. The molecular weight excluding hydrogens is 426 g/mol. The molecule has 0 bridgehead atoms. The Hall–Kier alpha value is -2.38. The van der Waals surface area contributed by atoms with E-state index in [0.29, 0.717) is 16.9 Å². The number of hydrogen-bond acceptors (Lipinski definition) is 5. The van der Waals surface area contributed by atoms with Crippen molar-refractivity contribution in [1.29, 1.82) is 0 Å². The van der Waals surface area contributed by atoms with Crippen LogP contribution in [0.3, 0.4) is 0 Å². The molecule has 0 spiro atoms. The number of nitrogens with one attached hydrogen (secondary N) is 1. The maximum Gasteiger partial charge on any atom is 0.325 e. The summed E-state index contributed by atoms with van der Waals surface area (Å²) in [6, 6.07) is 11.2. The molecule has 2 aromatic rings. The number of ether oxygens (including phenoxy) is 2. The molecule has 2 aromatic carbocycles. The van der Waals surface area contributed by atoms with Crippen LogP contribution in [-0.4, -0.2) is 37.9 Å². The summed E-state index contributed by atoms with van der Waals surface area (Å²) < 4.78 is 10.6. The van der Waals surface area contributed by atoms with Crippen molar-refractivity contribution in [2.45, 2.75) is 0 Å². The minimum absolute atomic E-state index is 0.283. The molecule has 0 fully saturated rings. The molecule has 0 unspecified atom stereocenters. The molecule has 1 N–H and O–H groups in total. The molecule has 0 atom stereocenters. The van der Waals surface area contributed by atoms with Gasteiger partial charge in [-0.3, -0.25) is 14.4 Å². The highest BCUT2D eigenvalue weighted by Crippen LogP contribution is 2.25. The van der Waals surface area contributed by atoms with E-state index in [1.54, 1.807) is 30.3 Å². The van der Waals surface area contributed by atoms with Crippen LogP contribution in [0, 0.1) is 0 Å². The molecule has 0 aliphatic rings. The van der Waals surface area contributed by atoms with Crippen LogP contribution in [-0.2, 0) is 9.53 Å². The summed E-state index contributed by atoms with van der Waals surface area (Å²) >= 11 is 9.22. The number of carbonyl (C=O) groups excluding carboxylic acids is 3. The maximum absolute atomic E-state index is 12.0. The molecule has 0 aliphatic carbocycles. The van der Waals surface area contributed by atoms with Gasteiger partial charge in [-0.25, -0.2) is 0 Å². The Balaban J connectivity index is 1.82. The van der Waals surface area contributed by atoms with Crippen LogP contribution in [0.2, 0.25) is 5.02 Å². The van der Waals surface area contributed by atoms with Crippen molar-refractivity contribution in [2.75, 3.05) is 20.3 Å². The second kappa shape index (κ2) is 9.35. The third-order valence-corrected chi connectivity index (χ3v) is 4.11. The van der Waals surface area contributed by atoms with Gasteiger partial charge in [-0.05, 0) is 36.4 Å². The first-order valence-electron chi connectivity index (χ1n) is 7.47. The molecule has 0 saturated heterocycles. The van der Waals surface area contributed by atoms with E-state index in [4.69, 9.17) is 21.1 Å². The number of methoxy groups -OCH3 is 1. The van der Waals surface area contributed by atoms with Gasteiger partial charge >= 0.3 is 5.97 Å². The molecule has 136 valence electrons. The minimum Gasteiger partial charge on any atom is -0.495 e. The second-order valence-electron chi connectivity index (χ2n) is 5.13. The molecular formula is C18H15BrClNO5. The number of Topliss-reactive ketones (excluding diaryl/α,β-unsaturated/α-hetero) is 1. The van der Waals surface area contributed by atoms with E-state index in [2.05, 4.69) is 21.2 Å². The fraction of sp³-hybridized carbons (Fsp3) is 0.167. The molecule has 0 aromatic heterocycles. The van der Waals surface area contributed by atoms with Crippen LogP contribution in [0.25, 0.3) is 0 Å². The van der Waals surface area contributed by atoms with Gasteiger partial charge in [0.1, 0.15) is 12.3 Å². The topological polar surface area (TPSA) is 81.7 Å². The van der Waals surface area contributed by atoms with Gasteiger partial charge < -0.3 is 14.8 Å². The second-order valence-corrected chi connectivity index (χ2v) is 6.45. The molecule has 6 nitrogen and oxygen atoms in total. The molecule has 0 aliphatic heterocycles. The fourth-order valence-electron chi connectivity index (χ4n) is 2.00. The van der Waals surface area contributed by atoms with Crippen molar-refractivity contribution in [3.63, 3.8) is 0 Å². The number of hydrogen-bond donors (Lipinski definition) is 1. The van der Waals surface area contributed by atoms with Gasteiger partial charge in [0.15, 0.2) is 12.4 Å². The number of benzene rings is 2. The van der Waals surface area contributed by atoms with Gasteiger partial charge in [-0.2, -0.15) is 0 Å². The molecule has 0 saturated carbocycles. The highest BCUT2D eigenvalue weighted by molar-refractivity contribution is 9.10. The summed E-state index contributed by atoms with van der Waals surface area (Å²) in [4.78, 5) is 35.7. The molecule has 26 heavy (non-hydrogen) atoms. The fourth-order valence-corrected chi connectivity index (χ4v) is 2.66.